The van der Waals surface area contributed by atoms with Crippen molar-refractivity contribution in [3.05, 3.63) is 54.1 Å². The molecule has 0 saturated carbocycles. The van der Waals surface area contributed by atoms with Crippen LogP contribution in [0.1, 0.15) is 5.56 Å². The number of rotatable bonds is 7. The largest absolute Gasteiger partial charge is 0.497 e. The number of hydrogen-bond acceptors (Lipinski definition) is 4. The van der Waals surface area contributed by atoms with Gasteiger partial charge in [0.1, 0.15) is 11.5 Å². The van der Waals surface area contributed by atoms with E-state index in [-0.39, 0.29) is 5.91 Å². The van der Waals surface area contributed by atoms with Crippen LogP contribution in [-0.4, -0.2) is 37.8 Å². The molecule has 4 nitrogen and oxygen atoms in total. The number of hydrogen-bond donors (Lipinski definition) is 0. The molecule has 2 aromatic carbocycles. The van der Waals surface area contributed by atoms with Gasteiger partial charge in [0, 0.05) is 24.1 Å². The van der Waals surface area contributed by atoms with Crippen LogP contribution in [0.5, 0.6) is 11.5 Å². The van der Waals surface area contributed by atoms with Crippen LogP contribution in [0.3, 0.4) is 0 Å². The van der Waals surface area contributed by atoms with Gasteiger partial charge in [-0.2, -0.15) is 0 Å². The quantitative estimate of drug-likeness (QED) is 0.729. The van der Waals surface area contributed by atoms with Gasteiger partial charge in [-0.15, -0.1) is 11.8 Å². The SMILES string of the molecule is COc1ccc(SCC(=O)N(C)Cc2ccccc2OC)cc1. The van der Waals surface area contributed by atoms with Crippen LogP contribution in [-0.2, 0) is 11.3 Å². The summed E-state index contributed by atoms with van der Waals surface area (Å²) < 4.78 is 10.4. The number of nitrogens with zero attached hydrogens (tertiary/aromatic N) is 1. The fourth-order valence-electron chi connectivity index (χ4n) is 2.10. The van der Waals surface area contributed by atoms with Gasteiger partial charge in [-0.05, 0) is 30.3 Å². The Labute approximate surface area is 141 Å². The van der Waals surface area contributed by atoms with E-state index < -0.39 is 0 Å². The van der Waals surface area contributed by atoms with Gasteiger partial charge in [0.2, 0.25) is 5.91 Å². The lowest BCUT2D eigenvalue weighted by Gasteiger charge is -2.18. The number of methoxy groups -OCH3 is 2. The van der Waals surface area contributed by atoms with E-state index in [0.29, 0.717) is 12.3 Å². The van der Waals surface area contributed by atoms with Crippen LogP contribution in [0.2, 0.25) is 0 Å². The van der Waals surface area contributed by atoms with E-state index in [1.54, 1.807) is 19.1 Å². The molecule has 0 aliphatic carbocycles. The average molecular weight is 331 g/mol. The molecule has 0 aromatic heterocycles. The fourth-order valence-corrected chi connectivity index (χ4v) is 2.94. The first-order chi connectivity index (χ1) is 11.1. The third-order valence-electron chi connectivity index (χ3n) is 3.45. The van der Waals surface area contributed by atoms with E-state index >= 15 is 0 Å². The minimum Gasteiger partial charge on any atom is -0.497 e. The van der Waals surface area contributed by atoms with Gasteiger partial charge in [-0.25, -0.2) is 0 Å². The Morgan fingerprint density at radius 1 is 1.04 bits per heavy atom. The topological polar surface area (TPSA) is 38.8 Å². The Morgan fingerprint density at radius 3 is 2.39 bits per heavy atom. The molecule has 23 heavy (non-hydrogen) atoms. The first-order valence-electron chi connectivity index (χ1n) is 7.26. The Bertz CT molecular complexity index is 643. The van der Waals surface area contributed by atoms with E-state index in [2.05, 4.69) is 0 Å². The molecule has 0 aliphatic rings. The molecule has 0 fully saturated rings. The maximum absolute atomic E-state index is 12.3. The second-order valence-corrected chi connectivity index (χ2v) is 6.07. The molecule has 0 aliphatic heterocycles. The van der Waals surface area contributed by atoms with E-state index in [1.165, 1.54) is 11.8 Å². The van der Waals surface area contributed by atoms with Crippen molar-refractivity contribution < 1.29 is 14.3 Å². The van der Waals surface area contributed by atoms with Crippen molar-refractivity contribution in [2.45, 2.75) is 11.4 Å². The summed E-state index contributed by atoms with van der Waals surface area (Å²) >= 11 is 1.52. The highest BCUT2D eigenvalue weighted by atomic mass is 32.2. The van der Waals surface area contributed by atoms with Crippen LogP contribution < -0.4 is 9.47 Å². The maximum Gasteiger partial charge on any atom is 0.232 e. The molecule has 2 rings (SSSR count). The van der Waals surface area contributed by atoms with Crippen LogP contribution in [0.25, 0.3) is 0 Å². The molecule has 0 saturated heterocycles. The van der Waals surface area contributed by atoms with Crippen molar-refractivity contribution in [1.29, 1.82) is 0 Å². The van der Waals surface area contributed by atoms with Gasteiger partial charge in [-0.1, -0.05) is 18.2 Å². The van der Waals surface area contributed by atoms with Gasteiger partial charge in [0.15, 0.2) is 0 Å². The van der Waals surface area contributed by atoms with Gasteiger partial charge in [0.25, 0.3) is 0 Å². The van der Waals surface area contributed by atoms with E-state index in [1.807, 2.05) is 55.6 Å². The van der Waals surface area contributed by atoms with Gasteiger partial charge in [-0.3, -0.25) is 4.79 Å². The standard InChI is InChI=1S/C18H21NO3S/c1-19(12-14-6-4-5-7-17(14)22-3)18(20)13-23-16-10-8-15(21-2)9-11-16/h4-11H,12-13H2,1-3H3. The molecule has 0 atom stereocenters. The first kappa shape index (κ1) is 17.2. The highest BCUT2D eigenvalue weighted by Gasteiger charge is 2.12. The van der Waals surface area contributed by atoms with Crippen molar-refractivity contribution >= 4 is 17.7 Å². The number of thioether (sulfide) groups is 1. The molecule has 0 N–H and O–H groups in total. The minimum atomic E-state index is 0.0803. The van der Waals surface area contributed by atoms with Crippen LogP contribution >= 0.6 is 11.8 Å². The summed E-state index contributed by atoms with van der Waals surface area (Å²) in [6.07, 6.45) is 0. The highest BCUT2D eigenvalue weighted by Crippen LogP contribution is 2.22. The molecule has 0 radical (unpaired) electrons. The summed E-state index contributed by atoms with van der Waals surface area (Å²) in [5.74, 6) is 2.10. The summed E-state index contributed by atoms with van der Waals surface area (Å²) in [5.41, 5.74) is 1.00. The number of amides is 1. The van der Waals surface area contributed by atoms with E-state index in [4.69, 9.17) is 9.47 Å². The van der Waals surface area contributed by atoms with Crippen molar-refractivity contribution in [3.63, 3.8) is 0 Å². The molecule has 0 spiro atoms. The number of ether oxygens (including phenoxy) is 2. The molecule has 1 amide bonds. The van der Waals surface area contributed by atoms with E-state index in [0.717, 1.165) is 22.0 Å². The number of carbonyl (C=O) groups excluding carboxylic acids is 1. The monoisotopic (exact) mass is 331 g/mol. The normalized spacial score (nSPS) is 10.2. The summed E-state index contributed by atoms with van der Waals surface area (Å²) in [6, 6.07) is 15.4. The van der Waals surface area contributed by atoms with Gasteiger partial charge < -0.3 is 14.4 Å². The third kappa shape index (κ3) is 4.93. The molecule has 0 unspecified atom stereocenters. The maximum atomic E-state index is 12.3. The second kappa shape index (κ2) is 8.48. The predicted octanol–water partition coefficient (Wildman–Crippen LogP) is 3.45. The smallest absolute Gasteiger partial charge is 0.232 e. The second-order valence-electron chi connectivity index (χ2n) is 5.03. The molecular formula is C18H21NO3S. The zero-order chi connectivity index (χ0) is 16.7. The lowest BCUT2D eigenvalue weighted by molar-refractivity contribution is -0.127. The summed E-state index contributed by atoms with van der Waals surface area (Å²) in [5, 5.41) is 0. The van der Waals surface area contributed by atoms with Gasteiger partial charge in [0.05, 0.1) is 20.0 Å². The Kier molecular flexibility index (Phi) is 6.35. The first-order valence-corrected chi connectivity index (χ1v) is 8.25. The average Bonchev–Trinajstić information content (AvgIpc) is 2.60. The number of para-hydroxylation sites is 1. The summed E-state index contributed by atoms with van der Waals surface area (Å²) in [4.78, 5) is 15.0. The van der Waals surface area contributed by atoms with Crippen LogP contribution in [0, 0.1) is 0 Å². The predicted molar refractivity (Wildman–Crippen MR) is 93.2 cm³/mol. The van der Waals surface area contributed by atoms with Crippen molar-refractivity contribution in [3.8, 4) is 11.5 Å². The molecule has 0 bridgehead atoms. The summed E-state index contributed by atoms with van der Waals surface area (Å²) in [6.45, 7) is 0.534. The summed E-state index contributed by atoms with van der Waals surface area (Å²) in [7, 11) is 5.09. The molecule has 5 heteroatoms. The van der Waals surface area contributed by atoms with Crippen molar-refractivity contribution in [2.75, 3.05) is 27.0 Å². The zero-order valence-electron chi connectivity index (χ0n) is 13.6. The molecular weight excluding hydrogens is 310 g/mol. The fraction of sp³-hybridized carbons (Fsp3) is 0.278. The number of benzene rings is 2. The van der Waals surface area contributed by atoms with Crippen molar-refractivity contribution in [1.82, 2.24) is 4.90 Å². The lowest BCUT2D eigenvalue weighted by atomic mass is 10.2. The third-order valence-corrected chi connectivity index (χ3v) is 4.44. The highest BCUT2D eigenvalue weighted by molar-refractivity contribution is 8.00. The zero-order valence-corrected chi connectivity index (χ0v) is 14.4. The van der Waals surface area contributed by atoms with Crippen LogP contribution in [0.15, 0.2) is 53.4 Å². The van der Waals surface area contributed by atoms with E-state index in [9.17, 15) is 4.79 Å². The molecule has 2 aromatic rings. The Hall–Kier alpha value is -2.14. The Balaban J connectivity index is 1.89. The number of carbonyl (C=O) groups is 1. The van der Waals surface area contributed by atoms with Crippen molar-refractivity contribution in [2.24, 2.45) is 0 Å². The van der Waals surface area contributed by atoms with Gasteiger partial charge >= 0.3 is 0 Å². The van der Waals surface area contributed by atoms with Crippen LogP contribution in [0.4, 0.5) is 0 Å². The molecule has 0 heterocycles. The lowest BCUT2D eigenvalue weighted by Crippen LogP contribution is -2.27. The minimum absolute atomic E-state index is 0.0803. The Morgan fingerprint density at radius 2 is 1.74 bits per heavy atom. The molecule has 122 valence electrons.